The SMILES string of the molecule is O=C(O)CCCCCn1c(O)c(/C=c2\cc/c(=C3\C=c4cc(F)c(F)cc4=N3)o2)sc1=S. The standard InChI is InChI=1S/C22H18F2N2O4S2/c23-14-8-12-9-17(25-16(12)11-15(14)24)18-6-5-13(30-18)10-19-21(29)26(22(31)32-19)7-3-1-2-4-20(27)28/h5-6,8-11,29H,1-4,7H2,(H,27,28)/b13-10+,18-17-. The number of thiazole rings is 1. The van der Waals surface area contributed by atoms with Gasteiger partial charge in [0.05, 0.1) is 10.2 Å². The van der Waals surface area contributed by atoms with E-state index in [2.05, 4.69) is 4.99 Å². The number of hydrogen-bond acceptors (Lipinski definition) is 6. The highest BCUT2D eigenvalue weighted by atomic mass is 32.1. The smallest absolute Gasteiger partial charge is 0.303 e. The maximum atomic E-state index is 13.4. The van der Waals surface area contributed by atoms with Crippen LogP contribution in [-0.2, 0) is 11.3 Å². The summed E-state index contributed by atoms with van der Waals surface area (Å²) in [5, 5.41) is 20.0. The predicted octanol–water partition coefficient (Wildman–Crippen LogP) is 2.55. The molecule has 0 amide bonds. The summed E-state index contributed by atoms with van der Waals surface area (Å²) in [5.74, 6) is -2.69. The van der Waals surface area contributed by atoms with Crippen molar-refractivity contribution in [3.05, 3.63) is 66.1 Å². The number of fused-ring (bicyclic) bond motifs is 1. The molecule has 0 saturated carbocycles. The van der Waals surface area contributed by atoms with Gasteiger partial charge in [-0.2, -0.15) is 0 Å². The minimum Gasteiger partial charge on any atom is -0.493 e. The lowest BCUT2D eigenvalue weighted by Gasteiger charge is -2.04. The monoisotopic (exact) mass is 476 g/mol. The Morgan fingerprint density at radius 1 is 1.22 bits per heavy atom. The van der Waals surface area contributed by atoms with E-state index < -0.39 is 17.6 Å². The first-order valence-electron chi connectivity index (χ1n) is 9.83. The van der Waals surface area contributed by atoms with Crippen LogP contribution in [0.3, 0.4) is 0 Å². The molecule has 0 fully saturated rings. The molecular formula is C22H18F2N2O4S2. The van der Waals surface area contributed by atoms with Gasteiger partial charge in [0, 0.05) is 30.3 Å². The van der Waals surface area contributed by atoms with Crippen LogP contribution in [-0.4, -0.2) is 20.7 Å². The van der Waals surface area contributed by atoms with Crippen molar-refractivity contribution < 1.29 is 28.2 Å². The number of carboxylic acid groups (broad SMARTS) is 1. The second kappa shape index (κ2) is 9.17. The lowest BCUT2D eigenvalue weighted by molar-refractivity contribution is -0.137. The summed E-state index contributed by atoms with van der Waals surface area (Å²) in [6.45, 7) is 0.495. The van der Waals surface area contributed by atoms with Gasteiger partial charge >= 0.3 is 5.97 Å². The van der Waals surface area contributed by atoms with Crippen LogP contribution < -0.4 is 21.4 Å². The summed E-state index contributed by atoms with van der Waals surface area (Å²) in [6, 6.07) is 5.52. The fourth-order valence-electron chi connectivity index (χ4n) is 3.33. The van der Waals surface area contributed by atoms with Crippen molar-refractivity contribution in [3.63, 3.8) is 0 Å². The van der Waals surface area contributed by atoms with Crippen molar-refractivity contribution in [1.82, 2.24) is 4.57 Å². The third kappa shape index (κ3) is 4.71. The van der Waals surface area contributed by atoms with Crippen molar-refractivity contribution >= 4 is 47.4 Å². The number of rotatable bonds is 7. The van der Waals surface area contributed by atoms with E-state index in [1.54, 1.807) is 28.9 Å². The molecule has 0 saturated heterocycles. The molecule has 2 aromatic heterocycles. The number of carbonyl (C=O) groups is 1. The van der Waals surface area contributed by atoms with Crippen LogP contribution in [0.1, 0.15) is 30.6 Å². The normalized spacial score (nSPS) is 14.9. The third-order valence-corrected chi connectivity index (χ3v) is 6.31. The molecule has 3 heterocycles. The zero-order chi connectivity index (χ0) is 22.8. The lowest BCUT2D eigenvalue weighted by Crippen LogP contribution is -2.22. The molecule has 0 unspecified atom stereocenters. The molecule has 32 heavy (non-hydrogen) atoms. The number of halogens is 2. The number of aromatic hydroxyl groups is 1. The Labute approximate surface area is 189 Å². The highest BCUT2D eigenvalue weighted by molar-refractivity contribution is 7.73. The van der Waals surface area contributed by atoms with Crippen LogP contribution in [0.2, 0.25) is 0 Å². The van der Waals surface area contributed by atoms with E-state index in [1.807, 2.05) is 0 Å². The first-order chi connectivity index (χ1) is 15.3. The van der Waals surface area contributed by atoms with E-state index in [4.69, 9.17) is 21.7 Å². The van der Waals surface area contributed by atoms with Gasteiger partial charge in [0.25, 0.3) is 0 Å². The Morgan fingerprint density at radius 3 is 2.78 bits per heavy atom. The first kappa shape index (κ1) is 22.1. The summed E-state index contributed by atoms with van der Waals surface area (Å²) in [7, 11) is 0. The van der Waals surface area contributed by atoms with Crippen LogP contribution in [0.5, 0.6) is 5.88 Å². The average Bonchev–Trinajstić information content (AvgIpc) is 3.42. The highest BCUT2D eigenvalue weighted by Crippen LogP contribution is 2.27. The summed E-state index contributed by atoms with van der Waals surface area (Å²) in [6.07, 6.45) is 5.39. The minimum absolute atomic E-state index is 0.0271. The van der Waals surface area contributed by atoms with Gasteiger partial charge in [-0.3, -0.25) is 9.36 Å². The van der Waals surface area contributed by atoms with E-state index in [-0.39, 0.29) is 12.3 Å². The fourth-order valence-corrected chi connectivity index (χ4v) is 4.63. The summed E-state index contributed by atoms with van der Waals surface area (Å²) >= 11 is 6.58. The molecular weight excluding hydrogens is 458 g/mol. The lowest BCUT2D eigenvalue weighted by atomic mass is 10.2. The molecule has 3 aromatic rings. The second-order valence-electron chi connectivity index (χ2n) is 7.22. The van der Waals surface area contributed by atoms with E-state index in [9.17, 15) is 18.7 Å². The van der Waals surface area contributed by atoms with Gasteiger partial charge in [-0.25, -0.2) is 13.8 Å². The number of unbranched alkanes of at least 4 members (excludes halogenated alkanes) is 2. The average molecular weight is 477 g/mol. The number of benzene rings is 1. The van der Waals surface area contributed by atoms with Gasteiger partial charge in [-0.15, -0.1) is 11.3 Å². The first-order valence-corrected chi connectivity index (χ1v) is 11.1. The van der Waals surface area contributed by atoms with Crippen LogP contribution >= 0.6 is 23.6 Å². The molecule has 0 atom stereocenters. The van der Waals surface area contributed by atoms with Gasteiger partial charge in [0.1, 0.15) is 11.1 Å². The van der Waals surface area contributed by atoms with E-state index in [1.165, 1.54) is 11.3 Å². The van der Waals surface area contributed by atoms with Gasteiger partial charge < -0.3 is 14.6 Å². The quantitative estimate of drug-likeness (QED) is 0.404. The number of nitrogens with zero attached hydrogens (tertiary/aromatic N) is 2. The Kier molecular flexibility index (Phi) is 6.33. The Morgan fingerprint density at radius 2 is 2.00 bits per heavy atom. The highest BCUT2D eigenvalue weighted by Gasteiger charge is 2.11. The molecule has 0 radical (unpaired) electrons. The molecule has 6 nitrogen and oxygen atoms in total. The van der Waals surface area contributed by atoms with Crippen LogP contribution in [0.4, 0.5) is 8.78 Å². The minimum atomic E-state index is -0.960. The summed E-state index contributed by atoms with van der Waals surface area (Å²) < 4.78 is 34.8. The van der Waals surface area contributed by atoms with Gasteiger partial charge in [0.2, 0.25) is 5.88 Å². The van der Waals surface area contributed by atoms with Crippen molar-refractivity contribution in [2.24, 2.45) is 4.99 Å². The molecule has 10 heteroatoms. The van der Waals surface area contributed by atoms with Crippen LogP contribution in [0.25, 0.3) is 17.8 Å². The maximum Gasteiger partial charge on any atom is 0.303 e. The predicted molar refractivity (Wildman–Crippen MR) is 117 cm³/mol. The van der Waals surface area contributed by atoms with Crippen LogP contribution in [0, 0.1) is 15.6 Å². The molecule has 2 N–H and O–H groups in total. The zero-order valence-corrected chi connectivity index (χ0v) is 18.3. The van der Waals surface area contributed by atoms with Crippen LogP contribution in [0.15, 0.2) is 33.7 Å². The largest absolute Gasteiger partial charge is 0.493 e. The number of carboxylic acids is 1. The Hall–Kier alpha value is -3.11. The van der Waals surface area contributed by atoms with E-state index in [0.717, 1.165) is 18.6 Å². The van der Waals surface area contributed by atoms with Gasteiger partial charge in [0.15, 0.2) is 21.0 Å². The topological polar surface area (TPSA) is 88.0 Å². The second-order valence-corrected chi connectivity index (χ2v) is 8.90. The van der Waals surface area contributed by atoms with E-state index in [0.29, 0.717) is 55.3 Å². The molecule has 1 aliphatic heterocycles. The molecule has 166 valence electrons. The maximum absolute atomic E-state index is 13.4. The van der Waals surface area contributed by atoms with Gasteiger partial charge in [-0.05, 0) is 49.3 Å². The number of furan rings is 1. The summed E-state index contributed by atoms with van der Waals surface area (Å²) in [5.41, 5.74) is 1.33. The molecule has 1 aromatic carbocycles. The van der Waals surface area contributed by atoms with Crippen molar-refractivity contribution in [3.8, 4) is 5.88 Å². The fraction of sp³-hybridized carbons (Fsp3) is 0.227. The number of hydrogen-bond donors (Lipinski definition) is 2. The molecule has 0 aliphatic carbocycles. The molecule has 0 spiro atoms. The zero-order valence-electron chi connectivity index (χ0n) is 16.7. The van der Waals surface area contributed by atoms with Crippen molar-refractivity contribution in [1.29, 1.82) is 0 Å². The Balaban J connectivity index is 1.58. The third-order valence-electron chi connectivity index (χ3n) is 4.92. The van der Waals surface area contributed by atoms with Crippen molar-refractivity contribution in [2.45, 2.75) is 32.2 Å². The van der Waals surface area contributed by atoms with E-state index >= 15 is 0 Å². The summed E-state index contributed by atoms with van der Waals surface area (Å²) in [4.78, 5) is 15.4. The molecule has 4 rings (SSSR count). The molecule has 1 aliphatic rings. The van der Waals surface area contributed by atoms with Gasteiger partial charge in [-0.1, -0.05) is 6.42 Å². The number of aromatic nitrogens is 1. The Bertz CT molecular complexity index is 1460. The van der Waals surface area contributed by atoms with Crippen molar-refractivity contribution in [2.75, 3.05) is 0 Å². The number of aliphatic carboxylic acids is 1. The molecule has 0 bridgehead atoms.